The lowest BCUT2D eigenvalue weighted by molar-refractivity contribution is 0.219. The van der Waals surface area contributed by atoms with Gasteiger partial charge in [-0.15, -0.1) is 0 Å². The van der Waals surface area contributed by atoms with E-state index < -0.39 is 0 Å². The Balaban J connectivity index is 2.11. The Morgan fingerprint density at radius 3 is 2.41 bits per heavy atom. The quantitative estimate of drug-likeness (QED) is 0.766. The van der Waals surface area contributed by atoms with Crippen molar-refractivity contribution in [3.8, 4) is 0 Å². The van der Waals surface area contributed by atoms with Gasteiger partial charge in [-0.25, -0.2) is 0 Å². The summed E-state index contributed by atoms with van der Waals surface area (Å²) in [5.74, 6) is 0. The molecule has 0 unspecified atom stereocenters. The van der Waals surface area contributed by atoms with E-state index in [0.29, 0.717) is 0 Å². The van der Waals surface area contributed by atoms with E-state index in [0.717, 1.165) is 13.0 Å². The van der Waals surface area contributed by atoms with E-state index >= 15 is 0 Å². The molecular formula is C15H23NO. The summed E-state index contributed by atoms with van der Waals surface area (Å²) in [4.78, 5) is 0. The zero-order valence-electron chi connectivity index (χ0n) is 10.5. The van der Waals surface area contributed by atoms with Gasteiger partial charge in [0.15, 0.2) is 0 Å². The van der Waals surface area contributed by atoms with Crippen molar-refractivity contribution in [2.45, 2.75) is 44.1 Å². The minimum atomic E-state index is 0.161. The SMILES string of the molecule is OCCCNC1(c2ccccc2)CCCCC1. The number of aliphatic hydroxyl groups excluding tert-OH is 1. The minimum Gasteiger partial charge on any atom is -0.396 e. The van der Waals surface area contributed by atoms with Gasteiger partial charge in [0.05, 0.1) is 0 Å². The zero-order valence-corrected chi connectivity index (χ0v) is 10.5. The fraction of sp³-hybridized carbons (Fsp3) is 0.600. The average molecular weight is 233 g/mol. The van der Waals surface area contributed by atoms with Crippen LogP contribution < -0.4 is 5.32 Å². The van der Waals surface area contributed by atoms with Crippen molar-refractivity contribution in [2.24, 2.45) is 0 Å². The highest BCUT2D eigenvalue weighted by Gasteiger charge is 2.32. The maximum atomic E-state index is 8.91. The normalized spacial score (nSPS) is 19.1. The molecular weight excluding hydrogens is 210 g/mol. The summed E-state index contributed by atoms with van der Waals surface area (Å²) in [6.07, 6.45) is 7.26. The zero-order chi connectivity index (χ0) is 12.0. The Morgan fingerprint density at radius 2 is 1.76 bits per heavy atom. The summed E-state index contributed by atoms with van der Waals surface area (Å²) in [6, 6.07) is 10.8. The molecule has 2 nitrogen and oxygen atoms in total. The molecule has 1 fully saturated rings. The Labute approximate surface area is 104 Å². The molecule has 1 aliphatic rings. The predicted molar refractivity (Wildman–Crippen MR) is 70.9 cm³/mol. The third-order valence-corrected chi connectivity index (χ3v) is 3.83. The van der Waals surface area contributed by atoms with Crippen LogP contribution in [0.5, 0.6) is 0 Å². The first kappa shape index (κ1) is 12.6. The summed E-state index contributed by atoms with van der Waals surface area (Å²) in [7, 11) is 0. The molecule has 2 heteroatoms. The third kappa shape index (κ3) is 3.08. The monoisotopic (exact) mass is 233 g/mol. The topological polar surface area (TPSA) is 32.3 Å². The maximum Gasteiger partial charge on any atom is 0.0443 e. The van der Waals surface area contributed by atoms with Crippen molar-refractivity contribution in [1.29, 1.82) is 0 Å². The molecule has 0 aliphatic heterocycles. The lowest BCUT2D eigenvalue weighted by Gasteiger charge is -2.39. The molecule has 0 heterocycles. The summed E-state index contributed by atoms with van der Waals surface area (Å²) in [6.45, 7) is 1.18. The van der Waals surface area contributed by atoms with Gasteiger partial charge in [0.1, 0.15) is 0 Å². The van der Waals surface area contributed by atoms with Gasteiger partial charge in [0.25, 0.3) is 0 Å². The molecule has 0 aromatic heterocycles. The number of hydrogen-bond donors (Lipinski definition) is 2. The molecule has 1 aromatic carbocycles. The number of hydrogen-bond acceptors (Lipinski definition) is 2. The van der Waals surface area contributed by atoms with E-state index in [9.17, 15) is 0 Å². The van der Waals surface area contributed by atoms with Gasteiger partial charge in [0.2, 0.25) is 0 Å². The Hall–Kier alpha value is -0.860. The lowest BCUT2D eigenvalue weighted by Crippen LogP contribution is -2.44. The van der Waals surface area contributed by atoms with Crippen LogP contribution in [0.4, 0.5) is 0 Å². The van der Waals surface area contributed by atoms with Crippen LogP contribution in [0, 0.1) is 0 Å². The fourth-order valence-electron chi connectivity index (χ4n) is 2.89. The number of benzene rings is 1. The van der Waals surface area contributed by atoms with Gasteiger partial charge < -0.3 is 10.4 Å². The summed E-state index contributed by atoms with van der Waals surface area (Å²) in [5, 5.41) is 12.6. The van der Waals surface area contributed by atoms with Crippen molar-refractivity contribution >= 4 is 0 Å². The van der Waals surface area contributed by atoms with Gasteiger partial charge in [-0.1, -0.05) is 49.6 Å². The van der Waals surface area contributed by atoms with Crippen LogP contribution in [-0.4, -0.2) is 18.3 Å². The van der Waals surface area contributed by atoms with Crippen LogP contribution in [-0.2, 0) is 5.54 Å². The number of nitrogens with one attached hydrogen (secondary N) is 1. The first-order valence-corrected chi connectivity index (χ1v) is 6.79. The van der Waals surface area contributed by atoms with Gasteiger partial charge in [0, 0.05) is 12.1 Å². The summed E-state index contributed by atoms with van der Waals surface area (Å²) in [5.41, 5.74) is 1.58. The van der Waals surface area contributed by atoms with Crippen LogP contribution in [0.2, 0.25) is 0 Å². The first-order valence-electron chi connectivity index (χ1n) is 6.79. The largest absolute Gasteiger partial charge is 0.396 e. The van der Waals surface area contributed by atoms with Gasteiger partial charge in [-0.05, 0) is 31.4 Å². The predicted octanol–water partition coefficient (Wildman–Crippen LogP) is 2.82. The molecule has 0 bridgehead atoms. The van der Waals surface area contributed by atoms with E-state index in [4.69, 9.17) is 5.11 Å². The van der Waals surface area contributed by atoms with E-state index in [-0.39, 0.29) is 12.1 Å². The van der Waals surface area contributed by atoms with Crippen molar-refractivity contribution in [2.75, 3.05) is 13.2 Å². The van der Waals surface area contributed by atoms with Gasteiger partial charge in [-0.3, -0.25) is 0 Å². The molecule has 1 aliphatic carbocycles. The highest BCUT2D eigenvalue weighted by atomic mass is 16.3. The van der Waals surface area contributed by atoms with Crippen molar-refractivity contribution < 1.29 is 5.11 Å². The van der Waals surface area contributed by atoms with Gasteiger partial charge >= 0.3 is 0 Å². The van der Waals surface area contributed by atoms with E-state index in [2.05, 4.69) is 35.6 Å². The maximum absolute atomic E-state index is 8.91. The Kier molecular flexibility index (Phi) is 4.57. The highest BCUT2D eigenvalue weighted by Crippen LogP contribution is 2.36. The van der Waals surface area contributed by atoms with Crippen LogP contribution in [0.15, 0.2) is 30.3 Å². The van der Waals surface area contributed by atoms with Crippen LogP contribution >= 0.6 is 0 Å². The standard InChI is InChI=1S/C15H23NO/c17-13-7-12-16-15(10-5-2-6-11-15)14-8-3-1-4-9-14/h1,3-4,8-9,16-17H,2,5-7,10-13H2. The first-order chi connectivity index (χ1) is 8.37. The summed E-state index contributed by atoms with van der Waals surface area (Å²) >= 11 is 0. The van der Waals surface area contributed by atoms with Crippen LogP contribution in [0.25, 0.3) is 0 Å². The Morgan fingerprint density at radius 1 is 1.06 bits per heavy atom. The van der Waals surface area contributed by atoms with E-state index in [1.54, 1.807) is 0 Å². The second-order valence-electron chi connectivity index (χ2n) is 5.01. The molecule has 0 amide bonds. The molecule has 1 aromatic rings. The smallest absolute Gasteiger partial charge is 0.0443 e. The van der Waals surface area contributed by atoms with Crippen LogP contribution in [0.3, 0.4) is 0 Å². The molecule has 0 radical (unpaired) electrons. The highest BCUT2D eigenvalue weighted by molar-refractivity contribution is 5.25. The van der Waals surface area contributed by atoms with Crippen LogP contribution in [0.1, 0.15) is 44.1 Å². The molecule has 2 N–H and O–H groups in total. The lowest BCUT2D eigenvalue weighted by atomic mass is 9.76. The average Bonchev–Trinajstić information content (AvgIpc) is 2.41. The molecule has 2 rings (SSSR count). The van der Waals surface area contributed by atoms with E-state index in [1.807, 2.05) is 0 Å². The molecule has 0 spiro atoms. The van der Waals surface area contributed by atoms with E-state index in [1.165, 1.54) is 37.7 Å². The second-order valence-corrected chi connectivity index (χ2v) is 5.01. The number of aliphatic hydroxyl groups is 1. The molecule has 0 saturated heterocycles. The minimum absolute atomic E-state index is 0.161. The van der Waals surface area contributed by atoms with Crippen molar-refractivity contribution in [3.05, 3.63) is 35.9 Å². The molecule has 1 saturated carbocycles. The van der Waals surface area contributed by atoms with Gasteiger partial charge in [-0.2, -0.15) is 0 Å². The second kappa shape index (κ2) is 6.18. The Bertz CT molecular complexity index is 317. The fourth-order valence-corrected chi connectivity index (χ4v) is 2.89. The molecule has 17 heavy (non-hydrogen) atoms. The summed E-state index contributed by atoms with van der Waals surface area (Å²) < 4.78 is 0. The number of rotatable bonds is 5. The molecule has 0 atom stereocenters. The van der Waals surface area contributed by atoms with Crippen molar-refractivity contribution in [3.63, 3.8) is 0 Å². The third-order valence-electron chi connectivity index (χ3n) is 3.83. The molecule has 94 valence electrons. The van der Waals surface area contributed by atoms with Crippen molar-refractivity contribution in [1.82, 2.24) is 5.32 Å².